The number of carbonyl (C=O) groups is 1. The molecule has 24 heavy (non-hydrogen) atoms. The predicted octanol–water partition coefficient (Wildman–Crippen LogP) is 0.595. The predicted molar refractivity (Wildman–Crippen MR) is 84.8 cm³/mol. The highest BCUT2D eigenvalue weighted by atomic mass is 16.3. The van der Waals surface area contributed by atoms with E-state index < -0.39 is 0 Å². The Morgan fingerprint density at radius 3 is 2.92 bits per heavy atom. The molecule has 124 valence electrons. The largest absolute Gasteiger partial charge is 0.448 e. The standard InChI is InChI=1S/C15H17N7O2/c1-9-18-19-13-3-4-14(20-22(9)13)21-6-11(7-21)5-16-15(23)12-8-24-10(2)17-12/h3-4,8,11H,5-7H2,1-2H3,(H,16,23). The number of anilines is 1. The van der Waals surface area contributed by atoms with Crippen LogP contribution in [0.25, 0.3) is 5.65 Å². The van der Waals surface area contributed by atoms with E-state index in [-0.39, 0.29) is 5.91 Å². The molecule has 3 aromatic rings. The first-order valence-corrected chi connectivity index (χ1v) is 7.74. The minimum atomic E-state index is -0.204. The molecular formula is C15H17N7O2. The second kappa shape index (κ2) is 5.59. The molecule has 0 atom stereocenters. The zero-order valence-corrected chi connectivity index (χ0v) is 13.4. The van der Waals surface area contributed by atoms with Crippen molar-refractivity contribution in [2.45, 2.75) is 13.8 Å². The first-order valence-electron chi connectivity index (χ1n) is 7.74. The van der Waals surface area contributed by atoms with Crippen LogP contribution in [0.15, 0.2) is 22.8 Å². The van der Waals surface area contributed by atoms with Crippen molar-refractivity contribution in [2.24, 2.45) is 5.92 Å². The summed E-state index contributed by atoms with van der Waals surface area (Å²) in [5.74, 6) is 2.33. The van der Waals surface area contributed by atoms with E-state index in [4.69, 9.17) is 4.42 Å². The third kappa shape index (κ3) is 2.57. The number of aryl methyl sites for hydroxylation is 2. The van der Waals surface area contributed by atoms with Gasteiger partial charge in [-0.05, 0) is 19.1 Å². The average molecular weight is 327 g/mol. The van der Waals surface area contributed by atoms with Gasteiger partial charge in [0.15, 0.2) is 23.1 Å². The number of aromatic nitrogens is 5. The Morgan fingerprint density at radius 2 is 2.17 bits per heavy atom. The molecular weight excluding hydrogens is 310 g/mol. The number of hydrogen-bond acceptors (Lipinski definition) is 7. The van der Waals surface area contributed by atoms with Crippen LogP contribution in [0, 0.1) is 19.8 Å². The lowest BCUT2D eigenvalue weighted by molar-refractivity contribution is 0.0939. The molecule has 0 bridgehead atoms. The third-order valence-corrected chi connectivity index (χ3v) is 4.09. The molecule has 9 nitrogen and oxygen atoms in total. The summed E-state index contributed by atoms with van der Waals surface area (Å²) in [5, 5.41) is 15.5. The fraction of sp³-hybridized carbons (Fsp3) is 0.400. The Morgan fingerprint density at radius 1 is 1.33 bits per heavy atom. The van der Waals surface area contributed by atoms with Crippen molar-refractivity contribution in [1.82, 2.24) is 30.1 Å². The van der Waals surface area contributed by atoms with Crippen LogP contribution >= 0.6 is 0 Å². The molecule has 1 fully saturated rings. The molecule has 0 spiro atoms. The van der Waals surface area contributed by atoms with E-state index in [1.165, 1.54) is 6.26 Å². The van der Waals surface area contributed by atoms with Crippen LogP contribution in [0.2, 0.25) is 0 Å². The van der Waals surface area contributed by atoms with Crippen molar-refractivity contribution < 1.29 is 9.21 Å². The first-order chi connectivity index (χ1) is 11.6. The second-order valence-corrected chi connectivity index (χ2v) is 5.94. The molecule has 4 rings (SSSR count). The van der Waals surface area contributed by atoms with Gasteiger partial charge >= 0.3 is 0 Å². The van der Waals surface area contributed by atoms with Gasteiger partial charge in [-0.15, -0.1) is 15.3 Å². The maximum atomic E-state index is 11.9. The molecule has 0 unspecified atom stereocenters. The summed E-state index contributed by atoms with van der Waals surface area (Å²) in [6.07, 6.45) is 1.37. The molecule has 4 heterocycles. The van der Waals surface area contributed by atoms with Crippen LogP contribution in [-0.4, -0.2) is 50.3 Å². The highest BCUT2D eigenvalue weighted by molar-refractivity contribution is 5.91. The molecule has 1 N–H and O–H groups in total. The van der Waals surface area contributed by atoms with Crippen molar-refractivity contribution in [3.8, 4) is 0 Å². The normalized spacial score (nSPS) is 14.8. The van der Waals surface area contributed by atoms with Crippen LogP contribution in [-0.2, 0) is 0 Å². The minimum Gasteiger partial charge on any atom is -0.448 e. The zero-order valence-electron chi connectivity index (χ0n) is 13.4. The Bertz CT molecular complexity index is 894. The van der Waals surface area contributed by atoms with Crippen LogP contribution in [0.3, 0.4) is 0 Å². The van der Waals surface area contributed by atoms with Crippen LogP contribution in [0.1, 0.15) is 22.2 Å². The minimum absolute atomic E-state index is 0.204. The Hall–Kier alpha value is -2.97. The first kappa shape index (κ1) is 14.6. The summed E-state index contributed by atoms with van der Waals surface area (Å²) in [4.78, 5) is 18.1. The molecule has 1 saturated heterocycles. The summed E-state index contributed by atoms with van der Waals surface area (Å²) in [6.45, 7) is 5.88. The van der Waals surface area contributed by atoms with E-state index in [1.54, 1.807) is 11.4 Å². The summed E-state index contributed by atoms with van der Waals surface area (Å²) >= 11 is 0. The quantitative estimate of drug-likeness (QED) is 0.748. The van der Waals surface area contributed by atoms with Crippen molar-refractivity contribution >= 4 is 17.4 Å². The van der Waals surface area contributed by atoms with Crippen molar-refractivity contribution in [3.63, 3.8) is 0 Å². The topological polar surface area (TPSA) is 101 Å². The lowest BCUT2D eigenvalue weighted by Crippen LogP contribution is -2.52. The fourth-order valence-electron chi connectivity index (χ4n) is 2.74. The summed E-state index contributed by atoms with van der Waals surface area (Å²) in [5.41, 5.74) is 1.06. The van der Waals surface area contributed by atoms with E-state index in [2.05, 4.69) is 30.5 Å². The van der Waals surface area contributed by atoms with E-state index in [1.807, 2.05) is 19.1 Å². The van der Waals surface area contributed by atoms with Gasteiger partial charge in [0.2, 0.25) is 0 Å². The van der Waals surface area contributed by atoms with Gasteiger partial charge in [0, 0.05) is 32.5 Å². The Labute approximate surface area is 137 Å². The molecule has 9 heteroatoms. The van der Waals surface area contributed by atoms with Gasteiger partial charge in [-0.25, -0.2) is 4.98 Å². The second-order valence-electron chi connectivity index (χ2n) is 5.94. The highest BCUT2D eigenvalue weighted by Gasteiger charge is 2.28. The Kier molecular flexibility index (Phi) is 3.40. The molecule has 0 aliphatic carbocycles. The smallest absolute Gasteiger partial charge is 0.273 e. The van der Waals surface area contributed by atoms with E-state index in [0.29, 0.717) is 24.0 Å². The lowest BCUT2D eigenvalue weighted by Gasteiger charge is -2.40. The maximum absolute atomic E-state index is 11.9. The molecule has 1 aliphatic rings. The summed E-state index contributed by atoms with van der Waals surface area (Å²) in [7, 11) is 0. The summed E-state index contributed by atoms with van der Waals surface area (Å²) in [6, 6.07) is 3.85. The van der Waals surface area contributed by atoms with Crippen molar-refractivity contribution in [3.05, 3.63) is 35.8 Å². The van der Waals surface area contributed by atoms with Gasteiger partial charge in [-0.1, -0.05) is 0 Å². The highest BCUT2D eigenvalue weighted by Crippen LogP contribution is 2.22. The average Bonchev–Trinajstić information content (AvgIpc) is 3.12. The van der Waals surface area contributed by atoms with Gasteiger partial charge in [0.05, 0.1) is 0 Å². The SMILES string of the molecule is Cc1nc(C(=O)NCC2CN(c3ccc4nnc(C)n4n3)C2)co1. The van der Waals surface area contributed by atoms with Gasteiger partial charge < -0.3 is 14.6 Å². The number of nitrogens with one attached hydrogen (secondary N) is 1. The number of fused-ring (bicyclic) bond motifs is 1. The van der Waals surface area contributed by atoms with Crippen molar-refractivity contribution in [2.75, 3.05) is 24.5 Å². The fourth-order valence-corrected chi connectivity index (χ4v) is 2.74. The van der Waals surface area contributed by atoms with Gasteiger partial charge in [0.25, 0.3) is 5.91 Å². The number of hydrogen-bond donors (Lipinski definition) is 1. The summed E-state index contributed by atoms with van der Waals surface area (Å²) < 4.78 is 6.78. The molecule has 0 radical (unpaired) electrons. The Balaban J connectivity index is 1.32. The number of rotatable bonds is 4. The van der Waals surface area contributed by atoms with E-state index >= 15 is 0 Å². The molecule has 3 aromatic heterocycles. The number of carbonyl (C=O) groups excluding carboxylic acids is 1. The van der Waals surface area contributed by atoms with Gasteiger partial charge in [0.1, 0.15) is 12.1 Å². The molecule has 0 saturated carbocycles. The van der Waals surface area contributed by atoms with Gasteiger partial charge in [-0.3, -0.25) is 4.79 Å². The van der Waals surface area contributed by atoms with Gasteiger partial charge in [-0.2, -0.15) is 4.52 Å². The lowest BCUT2D eigenvalue weighted by atomic mass is 10.0. The maximum Gasteiger partial charge on any atom is 0.273 e. The molecule has 0 aromatic carbocycles. The monoisotopic (exact) mass is 327 g/mol. The van der Waals surface area contributed by atoms with Crippen LogP contribution in [0.5, 0.6) is 0 Å². The third-order valence-electron chi connectivity index (χ3n) is 4.09. The van der Waals surface area contributed by atoms with E-state index in [0.717, 1.165) is 30.4 Å². The number of nitrogens with zero attached hydrogens (tertiary/aromatic N) is 6. The molecule has 1 aliphatic heterocycles. The van der Waals surface area contributed by atoms with Crippen LogP contribution in [0.4, 0.5) is 5.82 Å². The molecule has 1 amide bonds. The zero-order chi connectivity index (χ0) is 16.7. The number of amides is 1. The van der Waals surface area contributed by atoms with Crippen LogP contribution < -0.4 is 10.2 Å². The van der Waals surface area contributed by atoms with E-state index in [9.17, 15) is 4.79 Å². The number of oxazole rings is 1. The van der Waals surface area contributed by atoms with Crippen molar-refractivity contribution in [1.29, 1.82) is 0 Å².